The third-order valence-corrected chi connectivity index (χ3v) is 3.19. The summed E-state index contributed by atoms with van der Waals surface area (Å²) in [5, 5.41) is 0. The highest BCUT2D eigenvalue weighted by Crippen LogP contribution is 2.10. The summed E-state index contributed by atoms with van der Waals surface area (Å²) in [5.74, 6) is 0.324. The molecule has 2 heterocycles. The van der Waals surface area contributed by atoms with E-state index in [0.717, 1.165) is 18.7 Å². The normalized spacial score (nSPS) is 19.4. The highest BCUT2D eigenvalue weighted by atomic mass is 16.5. The van der Waals surface area contributed by atoms with Gasteiger partial charge in [0.1, 0.15) is 5.71 Å². The average molecular weight is 257 g/mol. The quantitative estimate of drug-likeness (QED) is 0.791. The van der Waals surface area contributed by atoms with Crippen molar-refractivity contribution in [2.24, 2.45) is 9.98 Å². The monoisotopic (exact) mass is 257 g/mol. The zero-order valence-corrected chi connectivity index (χ0v) is 10.6. The zero-order chi connectivity index (χ0) is 13.1. The number of ether oxygens (including phenoxy) is 1. The van der Waals surface area contributed by atoms with Gasteiger partial charge in [-0.2, -0.15) is 4.99 Å². The fourth-order valence-corrected chi connectivity index (χ4v) is 2.16. The second-order valence-corrected chi connectivity index (χ2v) is 4.54. The number of carbonyl (C=O) groups excluding carboxylic acids is 1. The number of amides is 1. The van der Waals surface area contributed by atoms with Crippen molar-refractivity contribution in [1.82, 2.24) is 4.90 Å². The van der Waals surface area contributed by atoms with Crippen molar-refractivity contribution in [3.63, 3.8) is 0 Å². The Morgan fingerprint density at radius 3 is 2.58 bits per heavy atom. The van der Waals surface area contributed by atoms with Gasteiger partial charge in [-0.1, -0.05) is 30.3 Å². The molecular formula is C14H15N3O2. The molecule has 1 saturated heterocycles. The fourth-order valence-electron chi connectivity index (χ4n) is 2.16. The van der Waals surface area contributed by atoms with E-state index in [1.54, 1.807) is 0 Å². The van der Waals surface area contributed by atoms with Crippen molar-refractivity contribution >= 4 is 17.6 Å². The molecule has 0 aromatic heterocycles. The standard InChI is InChI=1S/C14H15N3O2/c18-13-12(10-11-4-2-1-3-5-11)15-14(16-13)17-6-8-19-9-7-17/h1-5H,6-10H2. The molecule has 1 amide bonds. The van der Waals surface area contributed by atoms with Crippen molar-refractivity contribution < 1.29 is 9.53 Å². The van der Waals surface area contributed by atoms with Crippen molar-refractivity contribution in [2.45, 2.75) is 6.42 Å². The van der Waals surface area contributed by atoms with E-state index in [-0.39, 0.29) is 5.91 Å². The number of benzene rings is 1. The SMILES string of the molecule is O=C1N=C(N2CCOCC2)N=C1Cc1ccccc1. The summed E-state index contributed by atoms with van der Waals surface area (Å²) in [6.45, 7) is 2.82. The van der Waals surface area contributed by atoms with Crippen molar-refractivity contribution in [3.8, 4) is 0 Å². The first-order valence-electron chi connectivity index (χ1n) is 6.40. The number of nitrogens with zero attached hydrogens (tertiary/aromatic N) is 3. The van der Waals surface area contributed by atoms with E-state index < -0.39 is 0 Å². The molecular weight excluding hydrogens is 242 g/mol. The summed E-state index contributed by atoms with van der Waals surface area (Å²) in [4.78, 5) is 22.3. The first kappa shape index (κ1) is 12.0. The summed E-state index contributed by atoms with van der Waals surface area (Å²) in [6.07, 6.45) is 0.539. The maximum Gasteiger partial charge on any atom is 0.295 e. The van der Waals surface area contributed by atoms with Crippen LogP contribution in [0.1, 0.15) is 5.56 Å². The van der Waals surface area contributed by atoms with E-state index in [2.05, 4.69) is 9.98 Å². The Kier molecular flexibility index (Phi) is 3.37. The van der Waals surface area contributed by atoms with Gasteiger partial charge < -0.3 is 9.64 Å². The first-order chi connectivity index (χ1) is 9.33. The average Bonchev–Trinajstić information content (AvgIpc) is 2.82. The lowest BCUT2D eigenvalue weighted by Crippen LogP contribution is -2.39. The molecule has 0 saturated carbocycles. The lowest BCUT2D eigenvalue weighted by Gasteiger charge is -2.26. The molecule has 3 rings (SSSR count). The van der Waals surface area contributed by atoms with Gasteiger partial charge in [-0.15, -0.1) is 0 Å². The second-order valence-electron chi connectivity index (χ2n) is 4.54. The van der Waals surface area contributed by atoms with Gasteiger partial charge in [-0.3, -0.25) is 4.79 Å². The molecule has 2 aliphatic heterocycles. The van der Waals surface area contributed by atoms with E-state index in [0.29, 0.717) is 31.3 Å². The minimum Gasteiger partial charge on any atom is -0.378 e. The number of rotatable bonds is 2. The molecule has 0 unspecified atom stereocenters. The van der Waals surface area contributed by atoms with Crippen LogP contribution in [0.3, 0.4) is 0 Å². The molecule has 0 atom stereocenters. The lowest BCUT2D eigenvalue weighted by atomic mass is 10.1. The number of carbonyl (C=O) groups is 1. The third kappa shape index (κ3) is 2.71. The molecule has 2 aliphatic rings. The molecule has 0 aliphatic carbocycles. The lowest BCUT2D eigenvalue weighted by molar-refractivity contribution is -0.111. The van der Waals surface area contributed by atoms with E-state index in [1.165, 1.54) is 0 Å². The Bertz CT molecular complexity index is 531. The molecule has 5 heteroatoms. The van der Waals surface area contributed by atoms with E-state index >= 15 is 0 Å². The molecule has 0 bridgehead atoms. The minimum absolute atomic E-state index is 0.217. The van der Waals surface area contributed by atoms with Crippen LogP contribution in [-0.4, -0.2) is 48.8 Å². The molecule has 0 N–H and O–H groups in total. The maximum atomic E-state index is 11.9. The van der Waals surface area contributed by atoms with E-state index in [1.807, 2.05) is 35.2 Å². The Balaban J connectivity index is 1.72. The topological polar surface area (TPSA) is 54.3 Å². The van der Waals surface area contributed by atoms with E-state index in [9.17, 15) is 4.79 Å². The number of guanidine groups is 1. The molecule has 0 spiro atoms. The molecule has 1 fully saturated rings. The van der Waals surface area contributed by atoms with Gasteiger partial charge in [0.25, 0.3) is 5.91 Å². The highest BCUT2D eigenvalue weighted by molar-refractivity contribution is 6.45. The number of hydrogen-bond donors (Lipinski definition) is 0. The van der Waals surface area contributed by atoms with Crippen LogP contribution in [0.2, 0.25) is 0 Å². The van der Waals surface area contributed by atoms with Crippen LogP contribution < -0.4 is 0 Å². The number of morpholine rings is 1. The number of hydrogen-bond acceptors (Lipinski definition) is 4. The van der Waals surface area contributed by atoms with Gasteiger partial charge >= 0.3 is 0 Å². The van der Waals surface area contributed by atoms with Crippen LogP contribution in [-0.2, 0) is 16.0 Å². The smallest absolute Gasteiger partial charge is 0.295 e. The van der Waals surface area contributed by atoms with Crippen LogP contribution in [0.4, 0.5) is 0 Å². The highest BCUT2D eigenvalue weighted by Gasteiger charge is 2.24. The fraction of sp³-hybridized carbons (Fsp3) is 0.357. The van der Waals surface area contributed by atoms with Crippen molar-refractivity contribution in [1.29, 1.82) is 0 Å². The van der Waals surface area contributed by atoms with Crippen LogP contribution in [0.25, 0.3) is 0 Å². The minimum atomic E-state index is -0.217. The first-order valence-corrected chi connectivity index (χ1v) is 6.40. The Hall–Kier alpha value is -2.01. The summed E-state index contributed by atoms with van der Waals surface area (Å²) < 4.78 is 5.28. The van der Waals surface area contributed by atoms with Crippen molar-refractivity contribution in [2.75, 3.05) is 26.3 Å². The van der Waals surface area contributed by atoms with Crippen LogP contribution >= 0.6 is 0 Å². The maximum absolute atomic E-state index is 11.9. The predicted molar refractivity (Wildman–Crippen MR) is 72.4 cm³/mol. The molecule has 5 nitrogen and oxygen atoms in total. The third-order valence-electron chi connectivity index (χ3n) is 3.19. The Morgan fingerprint density at radius 2 is 1.84 bits per heavy atom. The zero-order valence-electron chi connectivity index (χ0n) is 10.6. The molecule has 1 aromatic rings. The molecule has 98 valence electrons. The molecule has 1 aromatic carbocycles. The van der Waals surface area contributed by atoms with Gasteiger partial charge in [0, 0.05) is 19.5 Å². The van der Waals surface area contributed by atoms with Crippen molar-refractivity contribution in [3.05, 3.63) is 35.9 Å². The van der Waals surface area contributed by atoms with Gasteiger partial charge in [0.15, 0.2) is 0 Å². The van der Waals surface area contributed by atoms with Gasteiger partial charge in [-0.25, -0.2) is 4.99 Å². The summed E-state index contributed by atoms with van der Waals surface area (Å²) in [6, 6.07) is 9.85. The molecule has 0 radical (unpaired) electrons. The summed E-state index contributed by atoms with van der Waals surface area (Å²) in [7, 11) is 0. The summed E-state index contributed by atoms with van der Waals surface area (Å²) >= 11 is 0. The number of aliphatic imine (C=N–C) groups is 2. The second kappa shape index (κ2) is 5.32. The van der Waals surface area contributed by atoms with Gasteiger partial charge in [0.05, 0.1) is 13.2 Å². The van der Waals surface area contributed by atoms with Crippen LogP contribution in [0, 0.1) is 0 Å². The molecule has 19 heavy (non-hydrogen) atoms. The summed E-state index contributed by atoms with van der Waals surface area (Å²) in [5.41, 5.74) is 1.60. The largest absolute Gasteiger partial charge is 0.378 e. The van der Waals surface area contributed by atoms with Gasteiger partial charge in [-0.05, 0) is 5.56 Å². The Labute approximate surface area is 111 Å². The predicted octanol–water partition coefficient (Wildman–Crippen LogP) is 0.898. The van der Waals surface area contributed by atoms with E-state index in [4.69, 9.17) is 4.74 Å². The van der Waals surface area contributed by atoms with Gasteiger partial charge in [0.2, 0.25) is 5.96 Å². The Morgan fingerprint density at radius 1 is 1.11 bits per heavy atom. The van der Waals surface area contributed by atoms with Crippen LogP contribution in [0.5, 0.6) is 0 Å². The van der Waals surface area contributed by atoms with Crippen LogP contribution in [0.15, 0.2) is 40.3 Å².